The third kappa shape index (κ3) is 2.65. The predicted molar refractivity (Wildman–Crippen MR) is 76.0 cm³/mol. The second kappa shape index (κ2) is 6.21. The molecule has 0 fully saturated rings. The maximum Gasteiger partial charge on any atom is 0.359 e. The molecule has 2 aromatic rings. The van der Waals surface area contributed by atoms with Gasteiger partial charge >= 0.3 is 11.9 Å². The van der Waals surface area contributed by atoms with Crippen LogP contribution < -0.4 is 0 Å². The van der Waals surface area contributed by atoms with E-state index < -0.39 is 11.9 Å². The number of hydrogen-bond acceptors (Lipinski definition) is 5. The van der Waals surface area contributed by atoms with Gasteiger partial charge in [-0.3, -0.25) is 0 Å². The molecule has 21 heavy (non-hydrogen) atoms. The molecule has 0 bridgehead atoms. The summed E-state index contributed by atoms with van der Waals surface area (Å²) in [6.07, 6.45) is 0. The minimum atomic E-state index is -0.667. The summed E-state index contributed by atoms with van der Waals surface area (Å²) in [5, 5.41) is 0. The highest BCUT2D eigenvalue weighted by molar-refractivity contribution is 6.01. The van der Waals surface area contributed by atoms with Crippen molar-refractivity contribution in [2.75, 3.05) is 14.2 Å². The van der Waals surface area contributed by atoms with Crippen molar-refractivity contribution in [3.63, 3.8) is 0 Å². The third-order valence-electron chi connectivity index (χ3n) is 3.07. The fourth-order valence-electron chi connectivity index (χ4n) is 2.11. The van der Waals surface area contributed by atoms with Crippen LogP contribution in [0.4, 0.5) is 0 Å². The zero-order valence-electron chi connectivity index (χ0n) is 12.1. The largest absolute Gasteiger partial charge is 0.464 e. The first-order valence-electron chi connectivity index (χ1n) is 6.46. The quantitative estimate of drug-likeness (QED) is 0.806. The van der Waals surface area contributed by atoms with Gasteiger partial charge in [0.1, 0.15) is 5.82 Å². The second-order valence-electron chi connectivity index (χ2n) is 4.23. The number of imidazole rings is 1. The van der Waals surface area contributed by atoms with E-state index in [1.807, 2.05) is 37.3 Å². The fourth-order valence-corrected chi connectivity index (χ4v) is 2.11. The van der Waals surface area contributed by atoms with E-state index in [2.05, 4.69) is 4.98 Å². The zero-order valence-corrected chi connectivity index (χ0v) is 12.1. The van der Waals surface area contributed by atoms with E-state index >= 15 is 0 Å². The van der Waals surface area contributed by atoms with E-state index in [1.54, 1.807) is 4.57 Å². The number of benzene rings is 1. The molecule has 0 amide bonds. The van der Waals surface area contributed by atoms with E-state index in [1.165, 1.54) is 14.2 Å². The molecule has 0 aliphatic heterocycles. The molecule has 6 heteroatoms. The van der Waals surface area contributed by atoms with Gasteiger partial charge in [-0.2, -0.15) is 0 Å². The van der Waals surface area contributed by atoms with Crippen LogP contribution >= 0.6 is 0 Å². The van der Waals surface area contributed by atoms with Crippen LogP contribution in [0.25, 0.3) is 11.4 Å². The summed E-state index contributed by atoms with van der Waals surface area (Å²) in [6.45, 7) is 2.33. The summed E-state index contributed by atoms with van der Waals surface area (Å²) in [7, 11) is 2.51. The molecule has 0 atom stereocenters. The number of carbonyl (C=O) groups is 2. The molecular formula is C15H16N2O4. The molecule has 1 aromatic heterocycles. The molecular weight excluding hydrogens is 272 g/mol. The number of esters is 2. The van der Waals surface area contributed by atoms with Gasteiger partial charge in [-0.05, 0) is 6.92 Å². The van der Waals surface area contributed by atoms with Crippen LogP contribution in [-0.4, -0.2) is 35.7 Å². The lowest BCUT2D eigenvalue weighted by Crippen LogP contribution is -2.15. The highest BCUT2D eigenvalue weighted by atomic mass is 16.5. The minimum Gasteiger partial charge on any atom is -0.464 e. The van der Waals surface area contributed by atoms with Crippen LogP contribution in [0.15, 0.2) is 30.3 Å². The molecule has 0 saturated carbocycles. The Morgan fingerprint density at radius 1 is 1.10 bits per heavy atom. The normalized spacial score (nSPS) is 10.2. The van der Waals surface area contributed by atoms with Crippen LogP contribution in [0.3, 0.4) is 0 Å². The second-order valence-corrected chi connectivity index (χ2v) is 4.23. The van der Waals surface area contributed by atoms with Crippen LogP contribution in [0.1, 0.15) is 27.9 Å². The SMILES string of the molecule is CCn1c(-c2ccccc2)nc(C(=O)OC)c1C(=O)OC. The molecule has 0 N–H and O–H groups in total. The van der Waals surface area contributed by atoms with Crippen molar-refractivity contribution in [2.45, 2.75) is 13.5 Å². The van der Waals surface area contributed by atoms with Crippen LogP contribution in [-0.2, 0) is 16.0 Å². The van der Waals surface area contributed by atoms with Gasteiger partial charge in [0.25, 0.3) is 0 Å². The Hall–Kier alpha value is -2.63. The number of carbonyl (C=O) groups excluding carboxylic acids is 2. The lowest BCUT2D eigenvalue weighted by atomic mass is 10.2. The summed E-state index contributed by atoms with van der Waals surface area (Å²) in [5.74, 6) is -0.759. The Kier molecular flexibility index (Phi) is 4.37. The monoisotopic (exact) mass is 288 g/mol. The van der Waals surface area contributed by atoms with Gasteiger partial charge in [-0.25, -0.2) is 14.6 Å². The van der Waals surface area contributed by atoms with Gasteiger partial charge in [-0.15, -0.1) is 0 Å². The van der Waals surface area contributed by atoms with Crippen molar-refractivity contribution >= 4 is 11.9 Å². The van der Waals surface area contributed by atoms with Gasteiger partial charge < -0.3 is 14.0 Å². The molecule has 2 rings (SSSR count). The first-order valence-corrected chi connectivity index (χ1v) is 6.46. The standard InChI is InChI=1S/C15H16N2O4/c1-4-17-12(15(19)21-3)11(14(18)20-2)16-13(17)10-8-6-5-7-9-10/h5-9H,4H2,1-3H3. The molecule has 1 aromatic carbocycles. The molecule has 0 saturated heterocycles. The molecule has 1 heterocycles. The maximum absolute atomic E-state index is 12.0. The average Bonchev–Trinajstić information content (AvgIpc) is 2.93. The van der Waals surface area contributed by atoms with Crippen LogP contribution in [0.5, 0.6) is 0 Å². The average molecular weight is 288 g/mol. The number of nitrogens with zero attached hydrogens (tertiary/aromatic N) is 2. The van der Waals surface area contributed by atoms with Gasteiger partial charge in [-0.1, -0.05) is 30.3 Å². The van der Waals surface area contributed by atoms with Gasteiger partial charge in [0, 0.05) is 12.1 Å². The Balaban J connectivity index is 2.70. The molecule has 0 spiro atoms. The fraction of sp³-hybridized carbons (Fsp3) is 0.267. The molecule has 0 aliphatic carbocycles. The topological polar surface area (TPSA) is 70.4 Å². The van der Waals surface area contributed by atoms with Crippen molar-refractivity contribution in [1.82, 2.24) is 9.55 Å². The Labute approximate surface area is 122 Å². The van der Waals surface area contributed by atoms with Crippen molar-refractivity contribution in [2.24, 2.45) is 0 Å². The predicted octanol–water partition coefficient (Wildman–Crippen LogP) is 2.14. The van der Waals surface area contributed by atoms with Crippen LogP contribution in [0.2, 0.25) is 0 Å². The van der Waals surface area contributed by atoms with Gasteiger partial charge in [0.05, 0.1) is 14.2 Å². The van der Waals surface area contributed by atoms with Crippen molar-refractivity contribution in [1.29, 1.82) is 0 Å². The van der Waals surface area contributed by atoms with E-state index in [0.29, 0.717) is 12.4 Å². The summed E-state index contributed by atoms with van der Waals surface area (Å²) in [4.78, 5) is 28.1. The van der Waals surface area contributed by atoms with E-state index in [9.17, 15) is 9.59 Å². The first-order chi connectivity index (χ1) is 10.1. The number of ether oxygens (including phenoxy) is 2. The Morgan fingerprint density at radius 3 is 2.24 bits per heavy atom. The lowest BCUT2D eigenvalue weighted by molar-refractivity contribution is 0.0544. The molecule has 0 unspecified atom stereocenters. The highest BCUT2D eigenvalue weighted by Gasteiger charge is 2.28. The molecule has 0 radical (unpaired) electrons. The van der Waals surface area contributed by atoms with E-state index in [-0.39, 0.29) is 11.4 Å². The van der Waals surface area contributed by atoms with Crippen molar-refractivity contribution in [3.05, 3.63) is 41.7 Å². The Bertz CT molecular complexity index is 662. The van der Waals surface area contributed by atoms with Crippen molar-refractivity contribution < 1.29 is 19.1 Å². The van der Waals surface area contributed by atoms with Gasteiger partial charge in [0.15, 0.2) is 11.4 Å². The first kappa shape index (κ1) is 14.8. The number of rotatable bonds is 4. The van der Waals surface area contributed by atoms with Crippen LogP contribution in [0, 0.1) is 0 Å². The lowest BCUT2D eigenvalue weighted by Gasteiger charge is -2.08. The zero-order chi connectivity index (χ0) is 15.4. The molecule has 110 valence electrons. The van der Waals surface area contributed by atoms with Gasteiger partial charge in [0.2, 0.25) is 0 Å². The molecule has 6 nitrogen and oxygen atoms in total. The summed E-state index contributed by atoms with van der Waals surface area (Å²) in [6, 6.07) is 9.32. The summed E-state index contributed by atoms with van der Waals surface area (Å²) in [5.41, 5.74) is 0.871. The number of hydrogen-bond donors (Lipinski definition) is 0. The minimum absolute atomic E-state index is 0.0370. The Morgan fingerprint density at radius 2 is 1.71 bits per heavy atom. The maximum atomic E-state index is 12.0. The highest BCUT2D eigenvalue weighted by Crippen LogP contribution is 2.23. The third-order valence-corrected chi connectivity index (χ3v) is 3.07. The summed E-state index contributed by atoms with van der Waals surface area (Å²) < 4.78 is 11.1. The van der Waals surface area contributed by atoms with E-state index in [0.717, 1.165) is 5.56 Å². The van der Waals surface area contributed by atoms with E-state index in [4.69, 9.17) is 9.47 Å². The van der Waals surface area contributed by atoms with Crippen molar-refractivity contribution in [3.8, 4) is 11.4 Å². The summed E-state index contributed by atoms with van der Waals surface area (Å²) >= 11 is 0. The smallest absolute Gasteiger partial charge is 0.359 e. The number of aromatic nitrogens is 2. The molecule has 0 aliphatic rings. The number of methoxy groups -OCH3 is 2.